The van der Waals surface area contributed by atoms with Crippen molar-refractivity contribution in [2.24, 2.45) is 0 Å². The summed E-state index contributed by atoms with van der Waals surface area (Å²) in [6, 6.07) is 1.39. The molecule has 1 unspecified atom stereocenters. The highest BCUT2D eigenvalue weighted by Gasteiger charge is 2.17. The van der Waals surface area contributed by atoms with Crippen LogP contribution < -0.4 is 5.32 Å². The summed E-state index contributed by atoms with van der Waals surface area (Å²) in [7, 11) is 0. The fourth-order valence-corrected chi connectivity index (χ4v) is 2.77. The van der Waals surface area contributed by atoms with Gasteiger partial charge in [-0.05, 0) is 28.9 Å². The average molecular weight is 292 g/mol. The Labute approximate surface area is 99.4 Å². The monoisotopic (exact) mass is 291 g/mol. The van der Waals surface area contributed by atoms with Crippen molar-refractivity contribution in [3.05, 3.63) is 20.3 Å². The zero-order chi connectivity index (χ0) is 11.4. The summed E-state index contributed by atoms with van der Waals surface area (Å²) in [5.41, 5.74) is 0. The Morgan fingerprint density at radius 2 is 2.47 bits per heavy atom. The normalized spacial score (nSPS) is 12.1. The SMILES string of the molecule is Cc1sc(C(CC(=O)O)NC=O)cc1Br. The highest BCUT2D eigenvalue weighted by molar-refractivity contribution is 9.10. The number of aliphatic carboxylic acids is 1. The van der Waals surface area contributed by atoms with E-state index in [0.29, 0.717) is 6.41 Å². The van der Waals surface area contributed by atoms with Crippen molar-refractivity contribution in [1.29, 1.82) is 0 Å². The van der Waals surface area contributed by atoms with E-state index in [1.807, 2.05) is 13.0 Å². The first-order valence-electron chi connectivity index (χ1n) is 4.22. The van der Waals surface area contributed by atoms with Gasteiger partial charge in [-0.2, -0.15) is 0 Å². The summed E-state index contributed by atoms with van der Waals surface area (Å²) in [5.74, 6) is -0.934. The molecule has 4 nitrogen and oxygen atoms in total. The van der Waals surface area contributed by atoms with Crippen LogP contribution in [-0.4, -0.2) is 17.5 Å². The first-order chi connectivity index (χ1) is 7.04. The Bertz CT molecular complexity index is 358. The molecule has 0 radical (unpaired) electrons. The van der Waals surface area contributed by atoms with Crippen molar-refractivity contribution in [1.82, 2.24) is 5.32 Å². The van der Waals surface area contributed by atoms with Gasteiger partial charge >= 0.3 is 5.97 Å². The lowest BCUT2D eigenvalue weighted by molar-refractivity contribution is -0.137. The molecular weight excluding hydrogens is 282 g/mol. The zero-order valence-corrected chi connectivity index (χ0v) is 10.4. The van der Waals surface area contributed by atoms with Crippen LogP contribution >= 0.6 is 27.3 Å². The van der Waals surface area contributed by atoms with Gasteiger partial charge in [0.25, 0.3) is 0 Å². The predicted octanol–water partition coefficient (Wildman–Crippen LogP) is 2.08. The molecule has 0 saturated carbocycles. The number of halogens is 1. The van der Waals surface area contributed by atoms with E-state index < -0.39 is 12.0 Å². The number of nitrogens with one attached hydrogen (secondary N) is 1. The number of hydrogen-bond acceptors (Lipinski definition) is 3. The number of carbonyl (C=O) groups is 2. The third-order valence-corrected chi connectivity index (χ3v) is 4.12. The fourth-order valence-electron chi connectivity index (χ4n) is 1.15. The van der Waals surface area contributed by atoms with E-state index in [2.05, 4.69) is 21.2 Å². The minimum Gasteiger partial charge on any atom is -0.481 e. The summed E-state index contributed by atoms with van der Waals surface area (Å²) >= 11 is 4.82. The van der Waals surface area contributed by atoms with Crippen LogP contribution in [0, 0.1) is 6.92 Å². The van der Waals surface area contributed by atoms with E-state index in [0.717, 1.165) is 14.2 Å². The number of carbonyl (C=O) groups excluding carboxylic acids is 1. The highest BCUT2D eigenvalue weighted by atomic mass is 79.9. The van der Waals surface area contributed by atoms with Gasteiger partial charge in [-0.25, -0.2) is 0 Å². The maximum absolute atomic E-state index is 10.6. The Kier molecular flexibility index (Phi) is 4.28. The molecular formula is C9H10BrNO3S. The number of aryl methyl sites for hydroxylation is 1. The Morgan fingerprint density at radius 3 is 2.87 bits per heavy atom. The van der Waals surface area contributed by atoms with E-state index in [-0.39, 0.29) is 6.42 Å². The third-order valence-electron chi connectivity index (χ3n) is 1.87. The number of thiophene rings is 1. The first-order valence-corrected chi connectivity index (χ1v) is 5.83. The second kappa shape index (κ2) is 5.27. The predicted molar refractivity (Wildman–Crippen MR) is 60.9 cm³/mol. The van der Waals surface area contributed by atoms with E-state index in [1.165, 1.54) is 11.3 Å². The van der Waals surface area contributed by atoms with Crippen LogP contribution in [0.15, 0.2) is 10.5 Å². The lowest BCUT2D eigenvalue weighted by Gasteiger charge is -2.10. The Balaban J connectivity index is 2.87. The van der Waals surface area contributed by atoms with Crippen LogP contribution in [0.5, 0.6) is 0 Å². The number of carboxylic acids is 1. The van der Waals surface area contributed by atoms with Crippen LogP contribution in [0.2, 0.25) is 0 Å². The van der Waals surface area contributed by atoms with E-state index >= 15 is 0 Å². The number of carboxylic acid groups (broad SMARTS) is 1. The van der Waals surface area contributed by atoms with Crippen molar-refractivity contribution < 1.29 is 14.7 Å². The van der Waals surface area contributed by atoms with E-state index in [4.69, 9.17) is 5.11 Å². The van der Waals surface area contributed by atoms with Crippen LogP contribution in [0.1, 0.15) is 22.2 Å². The van der Waals surface area contributed by atoms with E-state index in [1.54, 1.807) is 0 Å². The molecule has 2 N–H and O–H groups in total. The molecule has 1 aromatic heterocycles. The first kappa shape index (κ1) is 12.2. The number of hydrogen-bond donors (Lipinski definition) is 2. The van der Waals surface area contributed by atoms with Gasteiger partial charge in [-0.15, -0.1) is 11.3 Å². The van der Waals surface area contributed by atoms with Crippen molar-refractivity contribution in [2.75, 3.05) is 0 Å². The maximum Gasteiger partial charge on any atom is 0.305 e. The van der Waals surface area contributed by atoms with Gasteiger partial charge in [0.05, 0.1) is 12.5 Å². The van der Waals surface area contributed by atoms with Crippen LogP contribution in [0.3, 0.4) is 0 Å². The van der Waals surface area contributed by atoms with Crippen LogP contribution in [-0.2, 0) is 9.59 Å². The van der Waals surface area contributed by atoms with Crippen molar-refractivity contribution in [2.45, 2.75) is 19.4 Å². The van der Waals surface area contributed by atoms with Crippen molar-refractivity contribution in [3.8, 4) is 0 Å². The second-order valence-electron chi connectivity index (χ2n) is 2.99. The summed E-state index contributed by atoms with van der Waals surface area (Å²) in [6.45, 7) is 1.93. The summed E-state index contributed by atoms with van der Waals surface area (Å²) in [4.78, 5) is 22.8. The molecule has 6 heteroatoms. The molecule has 15 heavy (non-hydrogen) atoms. The topological polar surface area (TPSA) is 66.4 Å². The molecule has 1 rings (SSSR count). The Hall–Kier alpha value is -0.880. The van der Waals surface area contributed by atoms with Gasteiger partial charge in [0.1, 0.15) is 0 Å². The fraction of sp³-hybridized carbons (Fsp3) is 0.333. The molecule has 1 atom stereocenters. The molecule has 1 aromatic rings. The van der Waals surface area contributed by atoms with Crippen LogP contribution in [0.25, 0.3) is 0 Å². The molecule has 0 aromatic carbocycles. The van der Waals surface area contributed by atoms with Gasteiger partial charge in [-0.1, -0.05) is 0 Å². The van der Waals surface area contributed by atoms with Gasteiger partial charge in [0.15, 0.2) is 0 Å². The molecule has 1 heterocycles. The second-order valence-corrected chi connectivity index (χ2v) is 5.13. The summed E-state index contributed by atoms with van der Waals surface area (Å²) in [5, 5.41) is 11.2. The molecule has 0 saturated heterocycles. The maximum atomic E-state index is 10.6. The van der Waals surface area contributed by atoms with Gasteiger partial charge in [-0.3, -0.25) is 9.59 Å². The quantitative estimate of drug-likeness (QED) is 0.817. The van der Waals surface area contributed by atoms with Gasteiger partial charge < -0.3 is 10.4 Å². The van der Waals surface area contributed by atoms with Crippen molar-refractivity contribution >= 4 is 39.6 Å². The third kappa shape index (κ3) is 3.32. The highest BCUT2D eigenvalue weighted by Crippen LogP contribution is 2.31. The number of amides is 1. The Morgan fingerprint density at radius 1 is 1.80 bits per heavy atom. The van der Waals surface area contributed by atoms with E-state index in [9.17, 15) is 9.59 Å². The molecule has 0 spiro atoms. The van der Waals surface area contributed by atoms with Gasteiger partial charge in [0.2, 0.25) is 6.41 Å². The minimum absolute atomic E-state index is 0.106. The molecule has 0 bridgehead atoms. The molecule has 82 valence electrons. The lowest BCUT2D eigenvalue weighted by Crippen LogP contribution is -2.21. The van der Waals surface area contributed by atoms with Gasteiger partial charge in [0, 0.05) is 14.2 Å². The molecule has 0 aliphatic carbocycles. The number of rotatable bonds is 5. The largest absolute Gasteiger partial charge is 0.481 e. The standard InChI is InChI=1S/C9H10BrNO3S/c1-5-6(10)2-8(15-5)7(11-4-12)3-9(13)14/h2,4,7H,3H2,1H3,(H,11,12)(H,13,14). The molecule has 0 aliphatic heterocycles. The molecule has 0 aliphatic rings. The van der Waals surface area contributed by atoms with Crippen molar-refractivity contribution in [3.63, 3.8) is 0 Å². The minimum atomic E-state index is -0.934. The average Bonchev–Trinajstić information content (AvgIpc) is 2.46. The summed E-state index contributed by atoms with van der Waals surface area (Å²) in [6.07, 6.45) is 0.418. The molecule has 0 fully saturated rings. The summed E-state index contributed by atoms with van der Waals surface area (Å²) < 4.78 is 0.936. The lowest BCUT2D eigenvalue weighted by atomic mass is 10.2. The van der Waals surface area contributed by atoms with Crippen LogP contribution in [0.4, 0.5) is 0 Å². The smallest absolute Gasteiger partial charge is 0.305 e. The molecule has 1 amide bonds. The zero-order valence-electron chi connectivity index (χ0n) is 7.99.